The molecule has 4 heterocycles. The Kier molecular flexibility index (Phi) is 3.42. The average Bonchev–Trinajstić information content (AvgIpc) is 3.19. The van der Waals surface area contributed by atoms with E-state index in [4.69, 9.17) is 0 Å². The van der Waals surface area contributed by atoms with Crippen LogP contribution in [-0.2, 0) is 0 Å². The predicted molar refractivity (Wildman–Crippen MR) is 85.8 cm³/mol. The molecule has 1 atom stereocenters. The Morgan fingerprint density at radius 1 is 1.30 bits per heavy atom. The lowest BCUT2D eigenvalue weighted by Crippen LogP contribution is -2.23. The van der Waals surface area contributed by atoms with E-state index in [1.807, 2.05) is 6.92 Å². The van der Waals surface area contributed by atoms with Crippen molar-refractivity contribution < 1.29 is 4.39 Å². The highest BCUT2D eigenvalue weighted by Crippen LogP contribution is 2.21. The van der Waals surface area contributed by atoms with Crippen LogP contribution in [0.15, 0.2) is 30.7 Å². The van der Waals surface area contributed by atoms with Gasteiger partial charge in [0.2, 0.25) is 0 Å². The molecule has 118 valence electrons. The van der Waals surface area contributed by atoms with Crippen LogP contribution in [0.3, 0.4) is 0 Å². The highest BCUT2D eigenvalue weighted by atomic mass is 19.1. The van der Waals surface area contributed by atoms with Crippen LogP contribution in [0.25, 0.3) is 17.2 Å². The molecule has 3 aromatic rings. The van der Waals surface area contributed by atoms with Crippen molar-refractivity contribution in [2.75, 3.05) is 18.4 Å². The fourth-order valence-electron chi connectivity index (χ4n) is 2.80. The van der Waals surface area contributed by atoms with Crippen molar-refractivity contribution in [2.45, 2.75) is 19.4 Å². The summed E-state index contributed by atoms with van der Waals surface area (Å²) >= 11 is 0. The molecule has 7 heteroatoms. The second kappa shape index (κ2) is 5.58. The lowest BCUT2D eigenvalue weighted by Gasteiger charge is -2.14. The summed E-state index contributed by atoms with van der Waals surface area (Å²) < 4.78 is 15.2. The first-order chi connectivity index (χ1) is 11.2. The second-order valence-corrected chi connectivity index (χ2v) is 5.78. The number of nitrogens with zero attached hydrogens (tertiary/aromatic N) is 4. The number of hydrogen-bond donors (Lipinski definition) is 2. The van der Waals surface area contributed by atoms with Gasteiger partial charge >= 0.3 is 0 Å². The molecule has 0 amide bonds. The van der Waals surface area contributed by atoms with Crippen LogP contribution in [0.2, 0.25) is 0 Å². The number of imidazole rings is 1. The summed E-state index contributed by atoms with van der Waals surface area (Å²) in [5.74, 6) is 1.02. The zero-order valence-corrected chi connectivity index (χ0v) is 12.8. The number of rotatable bonds is 3. The van der Waals surface area contributed by atoms with E-state index < -0.39 is 0 Å². The van der Waals surface area contributed by atoms with Gasteiger partial charge in [-0.25, -0.2) is 19.3 Å². The first kappa shape index (κ1) is 14.1. The van der Waals surface area contributed by atoms with Crippen molar-refractivity contribution in [2.24, 2.45) is 0 Å². The molecule has 0 radical (unpaired) electrons. The highest BCUT2D eigenvalue weighted by molar-refractivity contribution is 5.59. The van der Waals surface area contributed by atoms with Gasteiger partial charge in [0.25, 0.3) is 0 Å². The molecule has 0 aliphatic carbocycles. The number of anilines is 1. The zero-order valence-electron chi connectivity index (χ0n) is 12.8. The third-order valence-electron chi connectivity index (χ3n) is 4.07. The van der Waals surface area contributed by atoms with E-state index in [0.717, 1.165) is 30.9 Å². The highest BCUT2D eigenvalue weighted by Gasteiger charge is 2.17. The molecule has 0 bridgehead atoms. The minimum Gasteiger partial charge on any atom is -0.366 e. The van der Waals surface area contributed by atoms with Gasteiger partial charge in [-0.05, 0) is 32.0 Å². The summed E-state index contributed by atoms with van der Waals surface area (Å²) in [7, 11) is 0. The summed E-state index contributed by atoms with van der Waals surface area (Å²) in [6, 6.07) is 3.40. The Labute approximate surface area is 132 Å². The van der Waals surface area contributed by atoms with Crippen LogP contribution in [0, 0.1) is 12.7 Å². The van der Waals surface area contributed by atoms with Crippen molar-refractivity contribution in [3.8, 4) is 11.5 Å². The van der Waals surface area contributed by atoms with E-state index in [0.29, 0.717) is 23.2 Å². The molecular formula is C16H17FN6. The smallest absolute Gasteiger partial charge is 0.180 e. The first-order valence-corrected chi connectivity index (χ1v) is 7.64. The van der Waals surface area contributed by atoms with Gasteiger partial charge in [-0.1, -0.05) is 0 Å². The minimum absolute atomic E-state index is 0.320. The molecule has 0 saturated carbocycles. The molecular weight excluding hydrogens is 295 g/mol. The molecule has 0 spiro atoms. The Morgan fingerprint density at radius 3 is 3.04 bits per heavy atom. The van der Waals surface area contributed by atoms with Crippen molar-refractivity contribution in [1.82, 2.24) is 24.7 Å². The van der Waals surface area contributed by atoms with Gasteiger partial charge in [0, 0.05) is 30.5 Å². The van der Waals surface area contributed by atoms with Crippen LogP contribution < -0.4 is 10.6 Å². The fraction of sp³-hybridized carbons (Fsp3) is 0.312. The number of nitrogens with one attached hydrogen (secondary N) is 2. The molecule has 1 aliphatic rings. The van der Waals surface area contributed by atoms with Crippen LogP contribution in [0.1, 0.15) is 12.0 Å². The Balaban J connectivity index is 1.74. The van der Waals surface area contributed by atoms with Crippen molar-refractivity contribution in [1.29, 1.82) is 0 Å². The van der Waals surface area contributed by atoms with E-state index in [9.17, 15) is 4.39 Å². The van der Waals surface area contributed by atoms with Crippen molar-refractivity contribution in [3.05, 3.63) is 42.1 Å². The molecule has 6 nitrogen and oxygen atoms in total. The molecule has 0 aromatic carbocycles. The van der Waals surface area contributed by atoms with Crippen molar-refractivity contribution >= 4 is 11.5 Å². The normalized spacial score (nSPS) is 17.7. The van der Waals surface area contributed by atoms with Gasteiger partial charge in [0.1, 0.15) is 23.0 Å². The summed E-state index contributed by atoms with van der Waals surface area (Å²) in [5.41, 5.74) is 2.33. The molecule has 23 heavy (non-hydrogen) atoms. The fourth-order valence-corrected chi connectivity index (χ4v) is 2.80. The van der Waals surface area contributed by atoms with Gasteiger partial charge < -0.3 is 10.6 Å². The van der Waals surface area contributed by atoms with Crippen molar-refractivity contribution in [3.63, 3.8) is 0 Å². The molecule has 1 aliphatic heterocycles. The Morgan fingerprint density at radius 2 is 2.22 bits per heavy atom. The minimum atomic E-state index is -0.320. The number of hydrogen-bond acceptors (Lipinski definition) is 5. The summed E-state index contributed by atoms with van der Waals surface area (Å²) in [4.78, 5) is 13.3. The van der Waals surface area contributed by atoms with E-state index in [1.54, 1.807) is 22.9 Å². The summed E-state index contributed by atoms with van der Waals surface area (Å²) in [6.45, 7) is 3.92. The van der Waals surface area contributed by atoms with Crippen LogP contribution in [-0.4, -0.2) is 38.5 Å². The maximum absolute atomic E-state index is 13.5. The molecule has 4 rings (SSSR count). The number of aryl methyl sites for hydroxylation is 1. The van der Waals surface area contributed by atoms with E-state index in [-0.39, 0.29) is 5.82 Å². The maximum atomic E-state index is 13.5. The van der Waals surface area contributed by atoms with Crippen LogP contribution in [0.4, 0.5) is 10.2 Å². The summed E-state index contributed by atoms with van der Waals surface area (Å²) in [6.07, 6.45) is 5.92. The molecule has 1 saturated heterocycles. The van der Waals surface area contributed by atoms with Crippen LogP contribution >= 0.6 is 0 Å². The number of halogens is 1. The third-order valence-corrected chi connectivity index (χ3v) is 4.07. The van der Waals surface area contributed by atoms with Gasteiger partial charge in [0.15, 0.2) is 5.82 Å². The number of fused-ring (bicyclic) bond motifs is 1. The average molecular weight is 312 g/mol. The van der Waals surface area contributed by atoms with E-state index in [2.05, 4.69) is 25.6 Å². The maximum Gasteiger partial charge on any atom is 0.180 e. The zero-order chi connectivity index (χ0) is 15.8. The second-order valence-electron chi connectivity index (χ2n) is 5.78. The molecule has 3 aromatic heterocycles. The topological polar surface area (TPSA) is 67.1 Å². The van der Waals surface area contributed by atoms with Crippen LogP contribution in [0.5, 0.6) is 0 Å². The molecule has 1 fully saturated rings. The van der Waals surface area contributed by atoms with Gasteiger partial charge in [0.05, 0.1) is 6.20 Å². The van der Waals surface area contributed by atoms with E-state index >= 15 is 0 Å². The standard InChI is InChI=1S/C16H17FN6/c1-10-6-20-16(22-15(10)21-12-4-5-18-7-12)13-8-19-14-3-2-11(17)9-23(13)14/h2-3,6,8-9,12,18H,4-5,7H2,1H3,(H,20,21,22)/t12-/m1/s1. The molecule has 0 unspecified atom stereocenters. The lowest BCUT2D eigenvalue weighted by molar-refractivity contribution is 0.619. The summed E-state index contributed by atoms with van der Waals surface area (Å²) in [5, 5.41) is 6.78. The third kappa shape index (κ3) is 2.63. The lowest BCUT2D eigenvalue weighted by atomic mass is 10.2. The number of pyridine rings is 1. The quantitative estimate of drug-likeness (QED) is 0.774. The monoisotopic (exact) mass is 312 g/mol. The van der Waals surface area contributed by atoms with Gasteiger partial charge in [-0.3, -0.25) is 4.40 Å². The van der Waals surface area contributed by atoms with E-state index in [1.165, 1.54) is 12.3 Å². The first-order valence-electron chi connectivity index (χ1n) is 7.64. The number of aromatic nitrogens is 4. The Hall–Kier alpha value is -2.54. The van der Waals surface area contributed by atoms with Gasteiger partial charge in [-0.15, -0.1) is 0 Å². The predicted octanol–water partition coefficient (Wildman–Crippen LogP) is 2.01. The van der Waals surface area contributed by atoms with Gasteiger partial charge in [-0.2, -0.15) is 0 Å². The SMILES string of the molecule is Cc1cnc(-c2cnc3ccc(F)cn23)nc1N[C@@H]1CCNC1. The molecule has 2 N–H and O–H groups in total. The Bertz CT molecular complexity index is 853. The largest absolute Gasteiger partial charge is 0.366 e.